The minimum absolute atomic E-state index is 0.190. The minimum atomic E-state index is -0.916. The van der Waals surface area contributed by atoms with Crippen LogP contribution in [-0.4, -0.2) is 320 Å². The maximum absolute atomic E-state index is 10.1. The maximum Gasteiger partial charge on any atom is 0.177 e. The maximum atomic E-state index is 10.1. The summed E-state index contributed by atoms with van der Waals surface area (Å²) in [6, 6.07) is 0. The molecule has 13 fully saturated rings. The average molecular weight is 1710 g/mol. The van der Waals surface area contributed by atoms with Crippen LogP contribution in [0.1, 0.15) is 171 Å². The SMILES string of the molecule is CC1(C)COC(O)CSC1.CC1(O)CSCCCO1.CC1CCOC(O)CS1.CC1CCSCC(O)O1.CC1COC(O)CSC1.CC1SCCCOC1(C)O.CC1SCCCOC1O.OC12CCCC1SCCCO2.OC12CCCCC1SCCCO2.OC1CSCCCCO1.OC1CSCCCO1. The Morgan fingerprint density at radius 3 is 1.54 bits per heavy atom. The highest BCUT2D eigenvalue weighted by Crippen LogP contribution is 2.42. The number of aliphatic hydroxyl groups is 11. The van der Waals surface area contributed by atoms with Crippen LogP contribution < -0.4 is 0 Å². The smallest absolute Gasteiger partial charge is 0.177 e. The Morgan fingerprint density at radius 2 is 0.848 bits per heavy atom. The molecule has 18 atom stereocenters. The fraction of sp³-hybridized carbons (Fsp3) is 1.00. The third kappa shape index (κ3) is 51.7. The van der Waals surface area contributed by atoms with Gasteiger partial charge in [0.25, 0.3) is 0 Å². The number of aliphatic hydroxyl groups excluding tert-OH is 7. The van der Waals surface area contributed by atoms with Gasteiger partial charge in [-0.3, -0.25) is 0 Å². The summed E-state index contributed by atoms with van der Waals surface area (Å²) in [7, 11) is 0. The molecule has 626 valence electrons. The zero-order chi connectivity index (χ0) is 77.3. The van der Waals surface area contributed by atoms with E-state index < -0.39 is 67.2 Å². The van der Waals surface area contributed by atoms with Gasteiger partial charge in [0.1, 0.15) is 0 Å². The normalized spacial score (nSPS) is 38.3. The second-order valence-electron chi connectivity index (χ2n) is 28.6. The monoisotopic (exact) mass is 1710 g/mol. The number of hydrogen-bond acceptors (Lipinski definition) is 33. The van der Waals surface area contributed by atoms with E-state index in [1.807, 2.05) is 44.3 Å². The first-order valence-corrected chi connectivity index (χ1v) is 50.3. The predicted molar refractivity (Wildman–Crippen MR) is 447 cm³/mol. The molecule has 2 aliphatic carbocycles. The Kier molecular flexibility index (Phi) is 58.8. The molecular weight excluding hydrogens is 1570 g/mol. The molecule has 11 saturated heterocycles. The molecule has 11 N–H and O–H groups in total. The van der Waals surface area contributed by atoms with Gasteiger partial charge in [-0.25, -0.2) is 0 Å². The van der Waals surface area contributed by atoms with Crippen molar-refractivity contribution in [2.75, 3.05) is 164 Å². The van der Waals surface area contributed by atoms with E-state index in [1.165, 1.54) is 18.6 Å². The molecule has 105 heavy (non-hydrogen) atoms. The van der Waals surface area contributed by atoms with Crippen molar-refractivity contribution in [1.29, 1.82) is 0 Å². The molecule has 0 aromatic heterocycles. The van der Waals surface area contributed by atoms with Crippen LogP contribution in [0.2, 0.25) is 0 Å². The molecule has 0 amide bonds. The number of thioether (sulfide) groups is 11. The van der Waals surface area contributed by atoms with E-state index in [2.05, 4.69) is 27.7 Å². The summed E-state index contributed by atoms with van der Waals surface area (Å²) >= 11 is 19.6. The second kappa shape index (κ2) is 60.4. The predicted octanol–water partition coefficient (Wildman–Crippen LogP) is 10.9. The van der Waals surface area contributed by atoms with Gasteiger partial charge in [-0.15, -0.1) is 0 Å². The molecule has 11 aliphatic heterocycles. The lowest BCUT2D eigenvalue weighted by Gasteiger charge is -2.37. The summed E-state index contributed by atoms with van der Waals surface area (Å²) in [5, 5.41) is 104. The molecule has 13 aliphatic rings. The molecule has 11 heterocycles. The van der Waals surface area contributed by atoms with Crippen molar-refractivity contribution in [3.63, 3.8) is 0 Å². The molecule has 22 nitrogen and oxygen atoms in total. The number of rotatable bonds is 0. The van der Waals surface area contributed by atoms with Gasteiger partial charge in [-0.1, -0.05) is 34.1 Å². The van der Waals surface area contributed by atoms with Crippen LogP contribution in [0.3, 0.4) is 0 Å². The third-order valence-electron chi connectivity index (χ3n) is 17.1. The van der Waals surface area contributed by atoms with Crippen LogP contribution in [0.25, 0.3) is 0 Å². The first kappa shape index (κ1) is 102. The molecule has 0 aromatic rings. The topological polar surface area (TPSA) is 324 Å². The second-order valence-corrected chi connectivity index (χ2v) is 42.3. The fourth-order valence-corrected chi connectivity index (χ4v) is 21.7. The quantitative estimate of drug-likeness (QED) is 0.107. The fourth-order valence-electron chi connectivity index (χ4n) is 10.7. The van der Waals surface area contributed by atoms with Gasteiger partial charge in [0.05, 0.1) is 86.6 Å². The Hall–Kier alpha value is 2.97. The minimum Gasteiger partial charge on any atom is -0.367 e. The Morgan fingerprint density at radius 1 is 0.352 bits per heavy atom. The molecule has 0 radical (unpaired) electrons. The summed E-state index contributed by atoms with van der Waals surface area (Å²) < 4.78 is 56.7. The summed E-state index contributed by atoms with van der Waals surface area (Å²) in [5.41, 5.74) is 0.224. The van der Waals surface area contributed by atoms with Crippen molar-refractivity contribution in [3.8, 4) is 0 Å². The van der Waals surface area contributed by atoms with Crippen LogP contribution >= 0.6 is 129 Å². The molecule has 0 aromatic carbocycles. The van der Waals surface area contributed by atoms with Crippen molar-refractivity contribution in [3.05, 3.63) is 0 Å². The highest BCUT2D eigenvalue weighted by molar-refractivity contribution is 8.01. The molecule has 13 rings (SSSR count). The number of fused-ring (bicyclic) bond motifs is 2. The summed E-state index contributed by atoms with van der Waals surface area (Å²) in [6.07, 6.45) is 14.8. The largest absolute Gasteiger partial charge is 0.367 e. The molecule has 0 spiro atoms. The van der Waals surface area contributed by atoms with Gasteiger partial charge in [0, 0.05) is 70.7 Å². The van der Waals surface area contributed by atoms with E-state index >= 15 is 0 Å². The van der Waals surface area contributed by atoms with Crippen molar-refractivity contribution in [2.24, 2.45) is 11.3 Å². The Bertz CT molecular complexity index is 1980. The van der Waals surface area contributed by atoms with Gasteiger partial charge in [0.15, 0.2) is 67.2 Å². The van der Waals surface area contributed by atoms with E-state index in [1.54, 1.807) is 120 Å². The highest BCUT2D eigenvalue weighted by Gasteiger charge is 2.44. The van der Waals surface area contributed by atoms with Gasteiger partial charge in [0.2, 0.25) is 0 Å². The highest BCUT2D eigenvalue weighted by atomic mass is 32.2. The lowest BCUT2D eigenvalue weighted by Crippen LogP contribution is -2.44. The van der Waals surface area contributed by atoms with E-state index in [0.717, 1.165) is 197 Å². The van der Waals surface area contributed by atoms with Crippen molar-refractivity contribution >= 4 is 129 Å². The van der Waals surface area contributed by atoms with Gasteiger partial charge in [-0.2, -0.15) is 129 Å². The van der Waals surface area contributed by atoms with Crippen LogP contribution in [-0.2, 0) is 52.1 Å². The van der Waals surface area contributed by atoms with Crippen molar-refractivity contribution in [2.45, 2.75) is 271 Å². The molecule has 2 saturated carbocycles. The van der Waals surface area contributed by atoms with Gasteiger partial charge in [-0.05, 0) is 188 Å². The summed E-state index contributed by atoms with van der Waals surface area (Å²) in [6.45, 7) is 25.1. The van der Waals surface area contributed by atoms with Gasteiger partial charge >= 0.3 is 0 Å². The molecule has 0 bridgehead atoms. The Balaban J connectivity index is 0.000000300. The van der Waals surface area contributed by atoms with Crippen LogP contribution in [0.15, 0.2) is 0 Å². The van der Waals surface area contributed by atoms with E-state index in [9.17, 15) is 20.4 Å². The van der Waals surface area contributed by atoms with Crippen LogP contribution in [0.5, 0.6) is 0 Å². The average Bonchev–Trinajstić information content (AvgIpc) is 1.23. The zero-order valence-electron chi connectivity index (χ0n) is 64.6. The van der Waals surface area contributed by atoms with Crippen molar-refractivity contribution < 1.29 is 108 Å². The summed E-state index contributed by atoms with van der Waals surface area (Å²) in [4.78, 5) is 0. The molecular formula is C72H140O22S11. The lowest BCUT2D eigenvalue weighted by molar-refractivity contribution is -0.213. The van der Waals surface area contributed by atoms with Crippen LogP contribution in [0.4, 0.5) is 0 Å². The summed E-state index contributed by atoms with van der Waals surface area (Å²) in [5.74, 6) is 13.5. The van der Waals surface area contributed by atoms with Gasteiger partial charge < -0.3 is 108 Å². The first-order chi connectivity index (χ1) is 50.0. The standard InChI is InChI=1S/C9H16O2S.C8H14O2S.2C7H14O2S.6C6H12O2S.C5H10O2S/c10-9-5-2-1-4-8(9)12-7-3-6-11-9;9-8-4-1-3-7(8)11-6-2-5-10-8;1-7(2)4-9-6(8)3-10-5-7;1-6-7(2,8)9-4-3-5-10-6;1-5-2-8-6(7)4-9-3-5;1-5-2-3-9-4-6(7)8-5;1-5-2-3-8-6(7)4-9-5;1-6(7)5-9-4-2-3-8-6;1-5-6(7)8-3-2-4-9-5;7-6-5-9-4-2-1-3-8-6;6-5-4-8-3-1-2-7-5/h8,10H,1-7H2;7,9H,1-6H2;2*6,8H,3-5H2,1-2H3;3*5-7H,2-4H2,1H3;7H,2-5H2,1H3;5-7H,2-4H2,1H3;6-7H,1-5H2;5-6H,1-4H2. The van der Waals surface area contributed by atoms with Crippen LogP contribution in [0, 0.1) is 11.3 Å². The first-order valence-electron chi connectivity index (χ1n) is 38.1. The zero-order valence-corrected chi connectivity index (χ0v) is 73.6. The Labute approximate surface area is 678 Å². The molecule has 33 heteroatoms. The third-order valence-corrected chi connectivity index (χ3v) is 31.6. The van der Waals surface area contributed by atoms with E-state index in [0.29, 0.717) is 79.4 Å². The van der Waals surface area contributed by atoms with E-state index in [-0.39, 0.29) is 22.0 Å². The molecule has 18 unspecified atom stereocenters. The van der Waals surface area contributed by atoms with Crippen molar-refractivity contribution in [1.82, 2.24) is 0 Å². The number of hydrogen-bond donors (Lipinski definition) is 11. The van der Waals surface area contributed by atoms with E-state index in [4.69, 9.17) is 87.9 Å². The lowest BCUT2D eigenvalue weighted by atomic mass is 9.93. The number of ether oxygens (including phenoxy) is 11.